The molecule has 0 spiro atoms. The van der Waals surface area contributed by atoms with Crippen molar-refractivity contribution >= 4 is 28.7 Å². The first-order valence-electron chi connectivity index (χ1n) is 10.8. The number of pyridine rings is 2. The second kappa shape index (κ2) is 8.62. The summed E-state index contributed by atoms with van der Waals surface area (Å²) in [5, 5.41) is 3.91. The van der Waals surface area contributed by atoms with Gasteiger partial charge in [0.2, 0.25) is 0 Å². The third-order valence-corrected chi connectivity index (χ3v) is 6.14. The molecule has 1 fully saturated rings. The summed E-state index contributed by atoms with van der Waals surface area (Å²) in [6.07, 6.45) is 10.9. The number of nitrogens with one attached hydrogen (secondary N) is 1. The second-order valence-electron chi connectivity index (χ2n) is 8.56. The Morgan fingerprint density at radius 2 is 2.18 bits per heavy atom. The molecule has 11 heteroatoms. The van der Waals surface area contributed by atoms with Crippen LogP contribution in [0.5, 0.6) is 0 Å². The van der Waals surface area contributed by atoms with Gasteiger partial charge < -0.3 is 24.9 Å². The van der Waals surface area contributed by atoms with Crippen molar-refractivity contribution in [2.24, 2.45) is 11.6 Å². The first kappa shape index (κ1) is 22.2. The van der Waals surface area contributed by atoms with Crippen molar-refractivity contribution in [2.75, 3.05) is 0 Å². The number of amides is 1. The number of halogens is 2. The van der Waals surface area contributed by atoms with Gasteiger partial charge in [-0.1, -0.05) is 17.7 Å². The molecule has 1 amide bonds. The minimum absolute atomic E-state index is 0.0235. The minimum Gasteiger partial charge on any atom is -0.393 e. The quantitative estimate of drug-likeness (QED) is 0.212. The van der Waals surface area contributed by atoms with E-state index in [9.17, 15) is 9.18 Å². The molecule has 5 rings (SSSR count). The summed E-state index contributed by atoms with van der Waals surface area (Å²) in [6, 6.07) is 3.62. The molecule has 0 unspecified atom stereocenters. The van der Waals surface area contributed by atoms with Crippen LogP contribution in [0.2, 0.25) is 5.02 Å². The van der Waals surface area contributed by atoms with Crippen molar-refractivity contribution in [2.45, 2.75) is 38.8 Å². The highest BCUT2D eigenvalue weighted by atomic mass is 35.5. The number of imidazole rings is 2. The summed E-state index contributed by atoms with van der Waals surface area (Å²) in [5.41, 5.74) is 10.4. The van der Waals surface area contributed by atoms with Gasteiger partial charge in [-0.2, -0.15) is 0 Å². The molecule has 1 saturated carbocycles. The third-order valence-electron chi connectivity index (χ3n) is 5.85. The third kappa shape index (κ3) is 4.29. The molecule has 0 atom stereocenters. The predicted molar refractivity (Wildman–Crippen MR) is 126 cm³/mol. The molecule has 176 valence electrons. The Bertz CT molecular complexity index is 1440. The van der Waals surface area contributed by atoms with E-state index in [0.29, 0.717) is 11.6 Å². The topological polar surface area (TPSA) is 119 Å². The normalized spacial score (nSPS) is 14.2. The van der Waals surface area contributed by atoms with Gasteiger partial charge in [-0.05, 0) is 42.9 Å². The van der Waals surface area contributed by atoms with Crippen LogP contribution in [0.4, 0.5) is 4.39 Å². The van der Waals surface area contributed by atoms with Gasteiger partial charge in [-0.15, -0.1) is 0 Å². The van der Waals surface area contributed by atoms with Gasteiger partial charge in [0.1, 0.15) is 16.9 Å². The SMILES string of the molecule is Cc1cc(C2CC2)cn2cc(CN(N)/C=C(\N)C(=O)NCc3ncn4ccc(Cl)c(F)c34)nc12. The number of aromatic nitrogens is 4. The van der Waals surface area contributed by atoms with Gasteiger partial charge in [0.15, 0.2) is 5.82 Å². The maximum absolute atomic E-state index is 14.3. The van der Waals surface area contributed by atoms with E-state index in [0.717, 1.165) is 16.9 Å². The molecular formula is C23H24ClFN8O. The number of fused-ring (bicyclic) bond motifs is 2. The zero-order valence-electron chi connectivity index (χ0n) is 18.5. The van der Waals surface area contributed by atoms with Crippen molar-refractivity contribution in [1.82, 2.24) is 29.1 Å². The Labute approximate surface area is 199 Å². The van der Waals surface area contributed by atoms with Crippen LogP contribution in [0.3, 0.4) is 0 Å². The average molecular weight is 483 g/mol. The van der Waals surface area contributed by atoms with Crippen LogP contribution in [-0.4, -0.2) is 29.7 Å². The van der Waals surface area contributed by atoms with Crippen LogP contribution in [0.15, 0.2) is 48.9 Å². The molecule has 1 aliphatic rings. The highest BCUT2D eigenvalue weighted by Gasteiger charge is 2.24. The van der Waals surface area contributed by atoms with E-state index in [4.69, 9.17) is 23.2 Å². The van der Waals surface area contributed by atoms with Gasteiger partial charge in [0.25, 0.3) is 5.91 Å². The van der Waals surface area contributed by atoms with Crippen LogP contribution in [0.25, 0.3) is 11.2 Å². The van der Waals surface area contributed by atoms with Crippen molar-refractivity contribution in [3.8, 4) is 0 Å². The van der Waals surface area contributed by atoms with Crippen LogP contribution in [0, 0.1) is 12.7 Å². The van der Waals surface area contributed by atoms with Gasteiger partial charge in [-0.3, -0.25) is 4.79 Å². The molecule has 0 saturated heterocycles. The molecule has 34 heavy (non-hydrogen) atoms. The van der Waals surface area contributed by atoms with Crippen molar-refractivity contribution in [3.63, 3.8) is 0 Å². The van der Waals surface area contributed by atoms with E-state index < -0.39 is 11.7 Å². The standard InChI is InChI=1S/C23H24ClFN8O/c1-13-6-15(14-2-3-14)8-32-9-16(30-22(13)32)10-33(27)11-18(26)23(34)28-7-19-21-20(25)17(24)4-5-31(21)12-29-19/h4-6,8-9,11-12,14H,2-3,7,10,26-27H2,1H3,(H,28,34)/b18-11-. The molecule has 4 heterocycles. The first-order chi connectivity index (χ1) is 16.3. The number of carbonyl (C=O) groups excluding carboxylic acids is 1. The number of rotatable bonds is 7. The Kier molecular flexibility index (Phi) is 5.62. The Morgan fingerprint density at radius 1 is 1.38 bits per heavy atom. The minimum atomic E-state index is -0.602. The molecule has 0 bridgehead atoms. The van der Waals surface area contributed by atoms with E-state index in [-0.39, 0.29) is 29.3 Å². The van der Waals surface area contributed by atoms with Crippen LogP contribution in [0.1, 0.15) is 41.3 Å². The van der Waals surface area contributed by atoms with E-state index in [1.165, 1.54) is 46.4 Å². The number of hydrogen-bond acceptors (Lipinski definition) is 6. The smallest absolute Gasteiger partial charge is 0.269 e. The van der Waals surface area contributed by atoms with Crippen molar-refractivity contribution < 1.29 is 9.18 Å². The summed E-state index contributed by atoms with van der Waals surface area (Å²) in [6.45, 7) is 2.29. The lowest BCUT2D eigenvalue weighted by molar-refractivity contribution is -0.117. The number of carbonyl (C=O) groups is 1. The number of aryl methyl sites for hydroxylation is 1. The average Bonchev–Trinajstić information content (AvgIpc) is 3.44. The fourth-order valence-electron chi connectivity index (χ4n) is 4.01. The van der Waals surface area contributed by atoms with Crippen LogP contribution >= 0.6 is 11.6 Å². The fourth-order valence-corrected chi connectivity index (χ4v) is 4.16. The van der Waals surface area contributed by atoms with Crippen LogP contribution in [-0.2, 0) is 17.9 Å². The highest BCUT2D eigenvalue weighted by Crippen LogP contribution is 2.40. The summed E-state index contributed by atoms with van der Waals surface area (Å²) in [5.74, 6) is 5.55. The second-order valence-corrected chi connectivity index (χ2v) is 8.97. The lowest BCUT2D eigenvalue weighted by atomic mass is 10.1. The molecule has 0 radical (unpaired) electrons. The molecular weight excluding hydrogens is 459 g/mol. The maximum atomic E-state index is 14.3. The summed E-state index contributed by atoms with van der Waals surface area (Å²) in [7, 11) is 0. The number of hydrazine groups is 1. The van der Waals surface area contributed by atoms with Crippen molar-refractivity contribution in [3.05, 3.63) is 82.3 Å². The molecule has 9 nitrogen and oxygen atoms in total. The fraction of sp³-hybridized carbons (Fsp3) is 0.261. The molecule has 4 aromatic heterocycles. The van der Waals surface area contributed by atoms with E-state index in [1.54, 1.807) is 6.20 Å². The molecule has 5 N–H and O–H groups in total. The van der Waals surface area contributed by atoms with Gasteiger partial charge in [-0.25, -0.2) is 20.2 Å². The van der Waals surface area contributed by atoms with E-state index >= 15 is 0 Å². The van der Waals surface area contributed by atoms with Crippen LogP contribution < -0.4 is 16.9 Å². The van der Waals surface area contributed by atoms with Gasteiger partial charge >= 0.3 is 0 Å². The van der Waals surface area contributed by atoms with Crippen molar-refractivity contribution in [1.29, 1.82) is 0 Å². The molecule has 0 aromatic carbocycles. The Morgan fingerprint density at radius 3 is 2.94 bits per heavy atom. The van der Waals surface area contributed by atoms with Gasteiger partial charge in [0.05, 0.1) is 35.8 Å². The predicted octanol–water partition coefficient (Wildman–Crippen LogP) is 2.75. The maximum Gasteiger partial charge on any atom is 0.269 e. The molecule has 1 aliphatic carbocycles. The number of nitrogens with two attached hydrogens (primary N) is 2. The molecule has 4 aromatic rings. The highest BCUT2D eigenvalue weighted by molar-refractivity contribution is 6.31. The first-order valence-corrected chi connectivity index (χ1v) is 11.2. The van der Waals surface area contributed by atoms with E-state index in [2.05, 4.69) is 27.5 Å². The zero-order valence-corrected chi connectivity index (χ0v) is 19.3. The largest absolute Gasteiger partial charge is 0.393 e. The lowest BCUT2D eigenvalue weighted by Gasteiger charge is -2.13. The lowest BCUT2D eigenvalue weighted by Crippen LogP contribution is -2.32. The van der Waals surface area contributed by atoms with Gasteiger partial charge in [0, 0.05) is 24.8 Å². The Balaban J connectivity index is 1.24. The summed E-state index contributed by atoms with van der Waals surface area (Å²) >= 11 is 5.85. The number of hydrogen-bond donors (Lipinski definition) is 3. The summed E-state index contributed by atoms with van der Waals surface area (Å²) in [4.78, 5) is 21.2. The zero-order chi connectivity index (χ0) is 24.0. The Hall–Kier alpha value is -3.63. The molecule has 0 aliphatic heterocycles. The monoisotopic (exact) mass is 482 g/mol. The summed E-state index contributed by atoms with van der Waals surface area (Å²) < 4.78 is 17.9. The number of nitrogens with zero attached hydrogens (tertiary/aromatic N) is 5. The van der Waals surface area contributed by atoms with E-state index in [1.807, 2.05) is 17.5 Å².